The van der Waals surface area contributed by atoms with E-state index in [2.05, 4.69) is 46.4 Å². The number of fused-ring (bicyclic) bond motifs is 3. The Bertz CT molecular complexity index is 1540. The molecule has 0 bridgehead atoms. The third kappa shape index (κ3) is 2.98. The summed E-state index contributed by atoms with van der Waals surface area (Å²) in [6.45, 7) is 6.07. The first kappa shape index (κ1) is 20.0. The third-order valence-corrected chi connectivity index (χ3v) is 5.90. The van der Waals surface area contributed by atoms with E-state index in [0.717, 1.165) is 50.1 Å². The molecule has 5 aromatic rings. The molecule has 162 valence electrons. The van der Waals surface area contributed by atoms with E-state index in [1.165, 1.54) is 0 Å². The summed E-state index contributed by atoms with van der Waals surface area (Å²) in [7, 11) is 3.65. The number of rotatable bonds is 4. The van der Waals surface area contributed by atoms with Crippen molar-refractivity contribution in [1.29, 1.82) is 0 Å². The Morgan fingerprint density at radius 1 is 1.06 bits per heavy atom. The van der Waals surface area contributed by atoms with Gasteiger partial charge in [-0.1, -0.05) is 6.07 Å². The largest absolute Gasteiger partial charge is 0.387 e. The molecule has 0 aliphatic heterocycles. The monoisotopic (exact) mass is 427 g/mol. The first-order valence-corrected chi connectivity index (χ1v) is 10.6. The lowest BCUT2D eigenvalue weighted by Gasteiger charge is -2.08. The minimum Gasteiger partial charge on any atom is -0.387 e. The summed E-state index contributed by atoms with van der Waals surface area (Å²) in [5.41, 5.74) is 6.83. The van der Waals surface area contributed by atoms with Crippen molar-refractivity contribution in [2.75, 3.05) is 12.4 Å². The molecular formula is C24H25N7O. The molecule has 0 atom stereocenters. The summed E-state index contributed by atoms with van der Waals surface area (Å²) in [5.74, 6) is 0. The Balaban J connectivity index is 1.84. The number of nitrogens with one attached hydrogen (secondary N) is 1. The van der Waals surface area contributed by atoms with Crippen molar-refractivity contribution in [3.8, 4) is 16.8 Å². The predicted molar refractivity (Wildman–Crippen MR) is 128 cm³/mol. The molecule has 0 saturated carbocycles. The minimum atomic E-state index is -0.120. The summed E-state index contributed by atoms with van der Waals surface area (Å²) in [6, 6.07) is 8.36. The fourth-order valence-electron chi connectivity index (χ4n) is 4.09. The standard InChI is InChI=1S/C24H25N7O/c1-14(2)30-13-22(15(3)28-30)31-23-19-9-16(17-8-18(25-4)11-26-10-17)6-7-20(19)27-12-21(23)29(5)24(31)32/h6-14,25H,1-5H3. The molecule has 5 rings (SSSR count). The van der Waals surface area contributed by atoms with Crippen LogP contribution in [0.2, 0.25) is 0 Å². The second-order valence-electron chi connectivity index (χ2n) is 8.29. The molecule has 0 saturated heterocycles. The number of benzene rings is 1. The first-order valence-electron chi connectivity index (χ1n) is 10.6. The van der Waals surface area contributed by atoms with Gasteiger partial charge in [-0.15, -0.1) is 0 Å². The summed E-state index contributed by atoms with van der Waals surface area (Å²) < 4.78 is 5.29. The van der Waals surface area contributed by atoms with Crippen molar-refractivity contribution in [1.82, 2.24) is 28.9 Å². The number of aryl methyl sites for hydroxylation is 2. The highest BCUT2D eigenvalue weighted by atomic mass is 16.1. The van der Waals surface area contributed by atoms with Gasteiger partial charge in [0.2, 0.25) is 0 Å². The van der Waals surface area contributed by atoms with Gasteiger partial charge in [0.15, 0.2) is 0 Å². The van der Waals surface area contributed by atoms with Gasteiger partial charge in [-0.3, -0.25) is 23.8 Å². The average Bonchev–Trinajstić information content (AvgIpc) is 3.31. The Morgan fingerprint density at radius 3 is 2.59 bits per heavy atom. The smallest absolute Gasteiger partial charge is 0.333 e. The Morgan fingerprint density at radius 2 is 1.88 bits per heavy atom. The lowest BCUT2D eigenvalue weighted by atomic mass is 10.0. The van der Waals surface area contributed by atoms with Gasteiger partial charge in [0, 0.05) is 49.7 Å². The fourth-order valence-corrected chi connectivity index (χ4v) is 4.09. The van der Waals surface area contributed by atoms with Crippen molar-refractivity contribution in [2.45, 2.75) is 26.8 Å². The zero-order valence-electron chi connectivity index (χ0n) is 18.8. The number of hydrogen-bond acceptors (Lipinski definition) is 5. The van der Waals surface area contributed by atoms with Gasteiger partial charge in [-0.25, -0.2) is 4.79 Å². The molecular weight excluding hydrogens is 402 g/mol. The first-order chi connectivity index (χ1) is 15.4. The zero-order chi connectivity index (χ0) is 22.6. The normalized spacial score (nSPS) is 11.7. The van der Waals surface area contributed by atoms with Crippen molar-refractivity contribution < 1.29 is 0 Å². The summed E-state index contributed by atoms with van der Waals surface area (Å²) in [5, 5.41) is 8.66. The SMILES string of the molecule is CNc1cncc(-c2ccc3ncc4c(c3c2)n(-c2cn(C(C)C)nc2C)c(=O)n4C)c1. The Hall–Kier alpha value is -3.94. The van der Waals surface area contributed by atoms with Gasteiger partial charge in [0.1, 0.15) is 0 Å². The molecule has 0 amide bonds. The molecule has 0 aliphatic carbocycles. The average molecular weight is 428 g/mol. The number of pyridine rings is 2. The van der Waals surface area contributed by atoms with Crippen LogP contribution >= 0.6 is 0 Å². The molecule has 32 heavy (non-hydrogen) atoms. The van der Waals surface area contributed by atoms with Crippen molar-refractivity contribution in [3.05, 3.63) is 65.2 Å². The van der Waals surface area contributed by atoms with Crippen LogP contribution in [0.3, 0.4) is 0 Å². The van der Waals surface area contributed by atoms with Crippen molar-refractivity contribution in [2.24, 2.45) is 7.05 Å². The van der Waals surface area contributed by atoms with Crippen molar-refractivity contribution >= 4 is 27.6 Å². The van der Waals surface area contributed by atoms with Crippen molar-refractivity contribution in [3.63, 3.8) is 0 Å². The molecule has 0 radical (unpaired) electrons. The predicted octanol–water partition coefficient (Wildman–Crippen LogP) is 4.07. The highest BCUT2D eigenvalue weighted by Gasteiger charge is 2.20. The van der Waals surface area contributed by atoms with Gasteiger partial charge in [-0.2, -0.15) is 5.10 Å². The zero-order valence-corrected chi connectivity index (χ0v) is 18.8. The minimum absolute atomic E-state index is 0.120. The maximum Gasteiger partial charge on any atom is 0.333 e. The van der Waals surface area contributed by atoms with Crippen LogP contribution in [0.15, 0.2) is 53.8 Å². The molecule has 4 aromatic heterocycles. The summed E-state index contributed by atoms with van der Waals surface area (Å²) in [6.07, 6.45) is 7.33. The van der Waals surface area contributed by atoms with Gasteiger partial charge in [0.25, 0.3) is 0 Å². The van der Waals surface area contributed by atoms with Crippen LogP contribution in [-0.2, 0) is 7.05 Å². The van der Waals surface area contributed by atoms with E-state index in [1.54, 1.807) is 28.6 Å². The topological polar surface area (TPSA) is 82.6 Å². The molecule has 0 unspecified atom stereocenters. The molecule has 1 N–H and O–H groups in total. The molecule has 8 nitrogen and oxygen atoms in total. The Labute approximate surface area is 185 Å². The lowest BCUT2D eigenvalue weighted by molar-refractivity contribution is 0.529. The maximum absolute atomic E-state index is 13.3. The molecule has 4 heterocycles. The lowest BCUT2D eigenvalue weighted by Crippen LogP contribution is -2.21. The third-order valence-electron chi connectivity index (χ3n) is 5.90. The van der Waals surface area contributed by atoms with Gasteiger partial charge < -0.3 is 5.32 Å². The highest BCUT2D eigenvalue weighted by molar-refractivity contribution is 6.04. The maximum atomic E-state index is 13.3. The van der Waals surface area contributed by atoms with E-state index in [4.69, 9.17) is 0 Å². The Kier molecular flexibility index (Phi) is 4.58. The van der Waals surface area contributed by atoms with E-state index in [1.807, 2.05) is 43.2 Å². The van der Waals surface area contributed by atoms with Crippen LogP contribution < -0.4 is 11.0 Å². The van der Waals surface area contributed by atoms with Gasteiger partial charge >= 0.3 is 5.69 Å². The van der Waals surface area contributed by atoms with E-state index < -0.39 is 0 Å². The highest BCUT2D eigenvalue weighted by Crippen LogP contribution is 2.31. The quantitative estimate of drug-likeness (QED) is 0.468. The number of anilines is 1. The molecule has 0 aliphatic rings. The van der Waals surface area contributed by atoms with Crippen LogP contribution in [0.4, 0.5) is 5.69 Å². The van der Waals surface area contributed by atoms with E-state index >= 15 is 0 Å². The fraction of sp³-hybridized carbons (Fsp3) is 0.250. The van der Waals surface area contributed by atoms with E-state index in [0.29, 0.717) is 0 Å². The molecule has 1 aromatic carbocycles. The number of nitrogens with zero attached hydrogens (tertiary/aromatic N) is 6. The molecule has 0 spiro atoms. The van der Waals surface area contributed by atoms with Gasteiger partial charge in [0.05, 0.1) is 39.8 Å². The van der Waals surface area contributed by atoms with E-state index in [9.17, 15) is 4.79 Å². The van der Waals surface area contributed by atoms with Crippen LogP contribution in [0, 0.1) is 6.92 Å². The van der Waals surface area contributed by atoms with Crippen LogP contribution in [0.25, 0.3) is 38.8 Å². The van der Waals surface area contributed by atoms with Crippen LogP contribution in [-0.4, -0.2) is 35.9 Å². The van der Waals surface area contributed by atoms with Gasteiger partial charge in [-0.05, 0) is 44.5 Å². The number of hydrogen-bond donors (Lipinski definition) is 1. The number of imidazole rings is 1. The second kappa shape index (κ2) is 7.33. The second-order valence-corrected chi connectivity index (χ2v) is 8.29. The van der Waals surface area contributed by atoms with Crippen LogP contribution in [0.5, 0.6) is 0 Å². The molecule has 8 heteroatoms. The van der Waals surface area contributed by atoms with E-state index in [-0.39, 0.29) is 11.7 Å². The summed E-state index contributed by atoms with van der Waals surface area (Å²) in [4.78, 5) is 22.3. The molecule has 0 fully saturated rings. The summed E-state index contributed by atoms with van der Waals surface area (Å²) >= 11 is 0. The number of aromatic nitrogens is 6. The van der Waals surface area contributed by atoms with Crippen LogP contribution in [0.1, 0.15) is 25.6 Å².